The SMILES string of the molecule is Cc1ccc(CSC2=NCCN2C(=O)c2ccccc2I)cc1. The lowest BCUT2D eigenvalue weighted by molar-refractivity contribution is 0.0859. The molecule has 0 saturated carbocycles. The van der Waals surface area contributed by atoms with Crippen LogP contribution in [0.2, 0.25) is 0 Å². The van der Waals surface area contributed by atoms with Gasteiger partial charge >= 0.3 is 0 Å². The average molecular weight is 436 g/mol. The van der Waals surface area contributed by atoms with Crippen molar-refractivity contribution in [2.45, 2.75) is 12.7 Å². The summed E-state index contributed by atoms with van der Waals surface area (Å²) in [6, 6.07) is 16.2. The van der Waals surface area contributed by atoms with Crippen LogP contribution in [0.5, 0.6) is 0 Å². The number of aryl methyl sites for hydroxylation is 1. The molecule has 0 fully saturated rings. The fraction of sp³-hybridized carbons (Fsp3) is 0.222. The standard InChI is InChI=1S/C18H17IN2OS/c1-13-6-8-14(9-7-13)12-23-18-20-10-11-21(18)17(22)15-4-2-3-5-16(15)19/h2-9H,10-12H2,1H3. The molecule has 1 aliphatic rings. The van der Waals surface area contributed by atoms with Crippen LogP contribution < -0.4 is 0 Å². The molecule has 2 aromatic carbocycles. The van der Waals surface area contributed by atoms with E-state index < -0.39 is 0 Å². The van der Waals surface area contributed by atoms with Gasteiger partial charge in [0.25, 0.3) is 5.91 Å². The van der Waals surface area contributed by atoms with Crippen molar-refractivity contribution >= 4 is 45.4 Å². The van der Waals surface area contributed by atoms with E-state index in [1.165, 1.54) is 11.1 Å². The van der Waals surface area contributed by atoms with Crippen molar-refractivity contribution < 1.29 is 4.79 Å². The lowest BCUT2D eigenvalue weighted by Gasteiger charge is -2.18. The molecular weight excluding hydrogens is 419 g/mol. The number of hydrogen-bond donors (Lipinski definition) is 0. The van der Waals surface area contributed by atoms with E-state index in [0.29, 0.717) is 13.1 Å². The summed E-state index contributed by atoms with van der Waals surface area (Å²) < 4.78 is 0.977. The Kier molecular flexibility index (Phi) is 5.38. The van der Waals surface area contributed by atoms with Gasteiger partial charge in [0.15, 0.2) is 5.17 Å². The van der Waals surface area contributed by atoms with Crippen LogP contribution in [-0.4, -0.2) is 29.1 Å². The molecule has 0 atom stereocenters. The number of carbonyl (C=O) groups excluding carboxylic acids is 1. The first-order valence-corrected chi connectivity index (χ1v) is 9.51. The zero-order valence-electron chi connectivity index (χ0n) is 12.8. The van der Waals surface area contributed by atoms with Gasteiger partial charge in [0, 0.05) is 15.9 Å². The molecule has 0 saturated heterocycles. The number of hydrogen-bond acceptors (Lipinski definition) is 3. The van der Waals surface area contributed by atoms with E-state index >= 15 is 0 Å². The number of aliphatic imine (C=N–C) groups is 1. The van der Waals surface area contributed by atoms with E-state index in [4.69, 9.17) is 0 Å². The maximum absolute atomic E-state index is 12.8. The number of nitrogens with zero attached hydrogens (tertiary/aromatic N) is 2. The molecule has 5 heteroatoms. The second-order valence-electron chi connectivity index (χ2n) is 5.38. The summed E-state index contributed by atoms with van der Waals surface area (Å²) in [5.41, 5.74) is 3.25. The fourth-order valence-electron chi connectivity index (χ4n) is 2.35. The van der Waals surface area contributed by atoms with Crippen LogP contribution in [-0.2, 0) is 5.75 Å². The number of amides is 1. The highest BCUT2D eigenvalue weighted by Gasteiger charge is 2.26. The first-order valence-electron chi connectivity index (χ1n) is 7.44. The molecule has 1 amide bonds. The van der Waals surface area contributed by atoms with Gasteiger partial charge < -0.3 is 0 Å². The monoisotopic (exact) mass is 436 g/mol. The summed E-state index contributed by atoms with van der Waals surface area (Å²) in [6.45, 7) is 3.44. The number of carbonyl (C=O) groups is 1. The minimum Gasteiger partial charge on any atom is -0.286 e. The van der Waals surface area contributed by atoms with Crippen LogP contribution >= 0.6 is 34.4 Å². The maximum Gasteiger partial charge on any atom is 0.260 e. The van der Waals surface area contributed by atoms with E-state index in [-0.39, 0.29) is 5.91 Å². The molecular formula is C18H17IN2OS. The average Bonchev–Trinajstić information content (AvgIpc) is 3.03. The van der Waals surface area contributed by atoms with E-state index in [9.17, 15) is 4.79 Å². The summed E-state index contributed by atoms with van der Waals surface area (Å²) in [5, 5.41) is 0.829. The fourth-order valence-corrected chi connectivity index (χ4v) is 3.97. The van der Waals surface area contributed by atoms with Crippen molar-refractivity contribution in [1.29, 1.82) is 0 Å². The largest absolute Gasteiger partial charge is 0.286 e. The van der Waals surface area contributed by atoms with Gasteiger partial charge in [-0.2, -0.15) is 0 Å². The second kappa shape index (κ2) is 7.49. The Bertz CT molecular complexity index is 743. The summed E-state index contributed by atoms with van der Waals surface area (Å²) in [6.07, 6.45) is 0. The summed E-state index contributed by atoms with van der Waals surface area (Å²) >= 11 is 3.84. The molecule has 0 spiro atoms. The number of halogens is 1. The zero-order valence-corrected chi connectivity index (χ0v) is 15.8. The third-order valence-corrected chi connectivity index (χ3v) is 5.67. The molecule has 0 bridgehead atoms. The Hall–Kier alpha value is -1.34. The molecule has 1 heterocycles. The summed E-state index contributed by atoms with van der Waals surface area (Å²) in [4.78, 5) is 19.1. The van der Waals surface area contributed by atoms with Gasteiger partial charge in [0.05, 0.1) is 12.1 Å². The lowest BCUT2D eigenvalue weighted by atomic mass is 10.2. The normalized spacial score (nSPS) is 14.0. The number of thioether (sulfide) groups is 1. The Labute approximate surface area is 154 Å². The van der Waals surface area contributed by atoms with Crippen LogP contribution in [0.15, 0.2) is 53.5 Å². The van der Waals surface area contributed by atoms with Crippen LogP contribution in [0.1, 0.15) is 21.5 Å². The van der Waals surface area contributed by atoms with Crippen LogP contribution in [0, 0.1) is 10.5 Å². The Morgan fingerprint density at radius 3 is 2.70 bits per heavy atom. The third-order valence-electron chi connectivity index (χ3n) is 3.64. The molecule has 1 aliphatic heterocycles. The van der Waals surface area contributed by atoms with Crippen molar-refractivity contribution in [3.8, 4) is 0 Å². The molecule has 3 nitrogen and oxygen atoms in total. The quantitative estimate of drug-likeness (QED) is 0.671. The van der Waals surface area contributed by atoms with E-state index in [0.717, 1.165) is 20.1 Å². The van der Waals surface area contributed by atoms with Gasteiger partial charge in [0.2, 0.25) is 0 Å². The van der Waals surface area contributed by atoms with Crippen LogP contribution in [0.25, 0.3) is 0 Å². The van der Waals surface area contributed by atoms with Crippen molar-refractivity contribution in [2.75, 3.05) is 13.1 Å². The van der Waals surface area contributed by atoms with Crippen molar-refractivity contribution in [2.24, 2.45) is 4.99 Å². The van der Waals surface area contributed by atoms with Gasteiger partial charge in [-0.3, -0.25) is 14.7 Å². The van der Waals surface area contributed by atoms with E-state index in [1.807, 2.05) is 24.3 Å². The Morgan fingerprint density at radius 2 is 1.96 bits per heavy atom. The molecule has 0 aliphatic carbocycles. The van der Waals surface area contributed by atoms with Crippen molar-refractivity contribution in [3.05, 3.63) is 68.8 Å². The smallest absolute Gasteiger partial charge is 0.260 e. The van der Waals surface area contributed by atoms with Crippen LogP contribution in [0.4, 0.5) is 0 Å². The summed E-state index contributed by atoms with van der Waals surface area (Å²) in [7, 11) is 0. The van der Waals surface area contributed by atoms with Gasteiger partial charge in [-0.1, -0.05) is 53.7 Å². The van der Waals surface area contributed by atoms with E-state index in [2.05, 4.69) is 58.8 Å². The molecule has 0 radical (unpaired) electrons. The third kappa shape index (κ3) is 3.95. The first kappa shape index (κ1) is 16.5. The maximum atomic E-state index is 12.8. The molecule has 3 rings (SSSR count). The highest BCUT2D eigenvalue weighted by molar-refractivity contribution is 14.1. The first-order chi connectivity index (χ1) is 11.1. The second-order valence-corrected chi connectivity index (χ2v) is 7.48. The molecule has 2 aromatic rings. The molecule has 0 aromatic heterocycles. The van der Waals surface area contributed by atoms with Gasteiger partial charge in [-0.05, 0) is 47.2 Å². The summed E-state index contributed by atoms with van der Waals surface area (Å²) in [5.74, 6) is 0.872. The molecule has 0 N–H and O–H groups in total. The zero-order chi connectivity index (χ0) is 16.2. The number of rotatable bonds is 3. The lowest BCUT2D eigenvalue weighted by Crippen LogP contribution is -2.33. The predicted octanol–water partition coefficient (Wildman–Crippen LogP) is 4.34. The van der Waals surface area contributed by atoms with Crippen molar-refractivity contribution in [1.82, 2.24) is 4.90 Å². The minimum atomic E-state index is 0.0441. The molecule has 118 valence electrons. The number of benzene rings is 2. The van der Waals surface area contributed by atoms with Gasteiger partial charge in [-0.25, -0.2) is 0 Å². The minimum absolute atomic E-state index is 0.0441. The molecule has 23 heavy (non-hydrogen) atoms. The topological polar surface area (TPSA) is 32.7 Å². The highest BCUT2D eigenvalue weighted by atomic mass is 127. The Balaban J connectivity index is 1.69. The van der Waals surface area contributed by atoms with Gasteiger partial charge in [-0.15, -0.1) is 0 Å². The number of amidine groups is 1. The highest BCUT2D eigenvalue weighted by Crippen LogP contribution is 2.23. The molecule has 0 unspecified atom stereocenters. The van der Waals surface area contributed by atoms with Crippen molar-refractivity contribution in [3.63, 3.8) is 0 Å². The Morgan fingerprint density at radius 1 is 1.22 bits per heavy atom. The van der Waals surface area contributed by atoms with Crippen LogP contribution in [0.3, 0.4) is 0 Å². The predicted molar refractivity (Wildman–Crippen MR) is 105 cm³/mol. The van der Waals surface area contributed by atoms with Gasteiger partial charge in [0.1, 0.15) is 0 Å². The van der Waals surface area contributed by atoms with E-state index in [1.54, 1.807) is 16.7 Å².